The summed E-state index contributed by atoms with van der Waals surface area (Å²) in [6, 6.07) is 9.62. The molecule has 0 amide bonds. The molecule has 3 heterocycles. The Labute approximate surface area is 172 Å². The summed E-state index contributed by atoms with van der Waals surface area (Å²) in [5, 5.41) is 15.0. The normalized spacial score (nSPS) is 11.2. The van der Waals surface area contributed by atoms with E-state index in [-0.39, 0.29) is 5.76 Å². The van der Waals surface area contributed by atoms with Crippen molar-refractivity contribution in [1.82, 2.24) is 20.0 Å². The summed E-state index contributed by atoms with van der Waals surface area (Å²) >= 11 is 1.48. The van der Waals surface area contributed by atoms with Crippen LogP contribution in [0.15, 0.2) is 46.0 Å². The number of carbonyl (C=O) groups excluding carboxylic acids is 1. The Balaban J connectivity index is 1.70. The Kier molecular flexibility index (Phi) is 5.10. The maximum absolute atomic E-state index is 11.6. The lowest BCUT2D eigenvalue weighted by molar-refractivity contribution is 0.0563. The molecule has 3 aromatic heterocycles. The number of esters is 1. The van der Waals surface area contributed by atoms with E-state index in [9.17, 15) is 4.79 Å². The van der Waals surface area contributed by atoms with Crippen molar-refractivity contribution in [1.29, 1.82) is 0 Å². The van der Waals surface area contributed by atoms with Crippen molar-refractivity contribution in [2.75, 3.05) is 7.11 Å². The molecular weight excluding hydrogens is 388 g/mol. The zero-order chi connectivity index (χ0) is 20.5. The molecule has 8 heteroatoms. The topological polar surface area (TPSA) is 83.0 Å². The number of fused-ring (bicyclic) bond motifs is 1. The summed E-state index contributed by atoms with van der Waals surface area (Å²) in [5.41, 5.74) is 5.14. The van der Waals surface area contributed by atoms with Crippen molar-refractivity contribution in [3.63, 3.8) is 0 Å². The van der Waals surface area contributed by atoms with Crippen LogP contribution in [0.3, 0.4) is 0 Å². The Morgan fingerprint density at radius 2 is 1.97 bits per heavy atom. The molecule has 0 unspecified atom stereocenters. The summed E-state index contributed by atoms with van der Waals surface area (Å²) in [7, 11) is 1.33. The van der Waals surface area contributed by atoms with E-state index in [0.29, 0.717) is 11.5 Å². The van der Waals surface area contributed by atoms with Gasteiger partial charge in [0.2, 0.25) is 5.76 Å². The van der Waals surface area contributed by atoms with Gasteiger partial charge in [-0.2, -0.15) is 10.2 Å². The fourth-order valence-electron chi connectivity index (χ4n) is 3.00. The highest BCUT2D eigenvalue weighted by molar-refractivity contribution is 7.98. The van der Waals surface area contributed by atoms with E-state index >= 15 is 0 Å². The summed E-state index contributed by atoms with van der Waals surface area (Å²) < 4.78 is 12.1. The van der Waals surface area contributed by atoms with Crippen molar-refractivity contribution < 1.29 is 13.9 Å². The number of hydrogen-bond donors (Lipinski definition) is 0. The van der Waals surface area contributed by atoms with Crippen LogP contribution < -0.4 is 0 Å². The summed E-state index contributed by atoms with van der Waals surface area (Å²) in [6.07, 6.45) is 1.82. The van der Waals surface area contributed by atoms with E-state index in [1.807, 2.05) is 23.9 Å². The lowest BCUT2D eigenvalue weighted by atomic mass is 10.1. The molecule has 0 fully saturated rings. The van der Waals surface area contributed by atoms with E-state index in [4.69, 9.17) is 4.42 Å². The molecule has 0 saturated carbocycles. The van der Waals surface area contributed by atoms with Gasteiger partial charge in [-0.25, -0.2) is 9.48 Å². The van der Waals surface area contributed by atoms with Crippen LogP contribution >= 0.6 is 11.8 Å². The van der Waals surface area contributed by atoms with Gasteiger partial charge in [0.15, 0.2) is 0 Å². The number of ether oxygens (including phenoxy) is 1. The molecule has 7 nitrogen and oxygen atoms in total. The van der Waals surface area contributed by atoms with Gasteiger partial charge in [-0.15, -0.1) is 5.10 Å². The van der Waals surface area contributed by atoms with Crippen LogP contribution in [0.25, 0.3) is 16.6 Å². The van der Waals surface area contributed by atoms with Gasteiger partial charge in [-0.3, -0.25) is 0 Å². The lowest BCUT2D eigenvalue weighted by Crippen LogP contribution is -2.01. The van der Waals surface area contributed by atoms with Gasteiger partial charge in [0.25, 0.3) is 0 Å². The minimum absolute atomic E-state index is 0.184. The Morgan fingerprint density at radius 3 is 2.72 bits per heavy atom. The second-order valence-electron chi connectivity index (χ2n) is 6.72. The smallest absolute Gasteiger partial charge is 0.373 e. The van der Waals surface area contributed by atoms with Crippen LogP contribution in [0.2, 0.25) is 0 Å². The first kappa shape index (κ1) is 19.2. The number of furan rings is 1. The number of aromatic nitrogens is 4. The molecule has 0 atom stereocenters. The number of benzene rings is 1. The third kappa shape index (κ3) is 3.63. The zero-order valence-corrected chi connectivity index (χ0v) is 17.4. The SMILES string of the molecule is COC(=O)c1ccc(CSc2nnc(C)c3cnn(-c4ccc(C)c(C)c4)c23)o1. The van der Waals surface area contributed by atoms with Crippen molar-refractivity contribution >= 4 is 28.6 Å². The van der Waals surface area contributed by atoms with Crippen LogP contribution in [0.1, 0.15) is 33.1 Å². The number of hydrogen-bond acceptors (Lipinski definition) is 7. The molecule has 0 aliphatic heterocycles. The molecule has 0 aliphatic carbocycles. The standard InChI is InChI=1S/C21H20N4O3S/c1-12-5-6-15(9-13(12)2)25-19-17(10-22-25)14(3)23-24-20(19)29-11-16-7-8-18(28-16)21(26)27-4/h5-10H,11H2,1-4H3. The average molecular weight is 408 g/mol. The molecule has 0 bridgehead atoms. The molecule has 1 aromatic carbocycles. The van der Waals surface area contributed by atoms with E-state index < -0.39 is 5.97 Å². The Hall–Kier alpha value is -3.13. The summed E-state index contributed by atoms with van der Waals surface area (Å²) in [4.78, 5) is 11.6. The van der Waals surface area contributed by atoms with Crippen LogP contribution in [-0.2, 0) is 10.5 Å². The maximum Gasteiger partial charge on any atom is 0.373 e. The highest BCUT2D eigenvalue weighted by Crippen LogP contribution is 2.31. The fourth-order valence-corrected chi connectivity index (χ4v) is 3.86. The van der Waals surface area contributed by atoms with Gasteiger partial charge in [-0.05, 0) is 56.2 Å². The molecule has 0 radical (unpaired) electrons. The van der Waals surface area contributed by atoms with Gasteiger partial charge in [0.05, 0.1) is 30.4 Å². The highest BCUT2D eigenvalue weighted by Gasteiger charge is 2.17. The van der Waals surface area contributed by atoms with Crippen molar-refractivity contribution in [3.05, 3.63) is 64.9 Å². The third-order valence-electron chi connectivity index (χ3n) is 4.79. The predicted molar refractivity (Wildman–Crippen MR) is 110 cm³/mol. The van der Waals surface area contributed by atoms with Crippen LogP contribution in [0.5, 0.6) is 0 Å². The van der Waals surface area contributed by atoms with Gasteiger partial charge >= 0.3 is 5.97 Å². The minimum atomic E-state index is -0.494. The third-order valence-corrected chi connectivity index (χ3v) is 5.76. The number of carbonyl (C=O) groups is 1. The molecule has 0 aliphatic rings. The number of methoxy groups -OCH3 is 1. The van der Waals surface area contributed by atoms with Crippen molar-refractivity contribution in [2.24, 2.45) is 0 Å². The summed E-state index contributed by atoms with van der Waals surface area (Å²) in [6.45, 7) is 6.09. The Bertz CT molecular complexity index is 1210. The second kappa shape index (κ2) is 7.71. The van der Waals surface area contributed by atoms with Crippen LogP contribution in [-0.4, -0.2) is 33.1 Å². The van der Waals surface area contributed by atoms with E-state index in [2.05, 4.69) is 46.0 Å². The maximum atomic E-state index is 11.6. The fraction of sp³-hybridized carbons (Fsp3) is 0.238. The first-order valence-electron chi connectivity index (χ1n) is 9.06. The highest BCUT2D eigenvalue weighted by atomic mass is 32.2. The number of nitrogens with zero attached hydrogens (tertiary/aromatic N) is 4. The van der Waals surface area contributed by atoms with E-state index in [0.717, 1.165) is 27.3 Å². The van der Waals surface area contributed by atoms with Gasteiger partial charge in [-0.1, -0.05) is 17.8 Å². The second-order valence-corrected chi connectivity index (χ2v) is 7.69. The quantitative estimate of drug-likeness (QED) is 0.357. The largest absolute Gasteiger partial charge is 0.463 e. The summed E-state index contributed by atoms with van der Waals surface area (Å²) in [5.74, 6) is 0.847. The van der Waals surface area contributed by atoms with E-state index in [1.54, 1.807) is 12.1 Å². The number of aryl methyl sites for hydroxylation is 3. The molecule has 4 rings (SSSR count). The van der Waals surface area contributed by atoms with Gasteiger partial charge < -0.3 is 9.15 Å². The molecule has 29 heavy (non-hydrogen) atoms. The molecular formula is C21H20N4O3S. The van der Waals surface area contributed by atoms with Gasteiger partial charge in [0.1, 0.15) is 16.3 Å². The molecule has 0 saturated heterocycles. The van der Waals surface area contributed by atoms with Crippen LogP contribution in [0, 0.1) is 20.8 Å². The molecule has 0 spiro atoms. The van der Waals surface area contributed by atoms with E-state index in [1.165, 1.54) is 30.0 Å². The molecule has 4 aromatic rings. The average Bonchev–Trinajstić information content (AvgIpc) is 3.37. The number of thioether (sulfide) groups is 1. The first-order chi connectivity index (χ1) is 14.0. The molecule has 148 valence electrons. The van der Waals surface area contributed by atoms with Crippen molar-refractivity contribution in [3.8, 4) is 5.69 Å². The minimum Gasteiger partial charge on any atom is -0.463 e. The molecule has 0 N–H and O–H groups in total. The van der Waals surface area contributed by atoms with Gasteiger partial charge in [0, 0.05) is 5.39 Å². The van der Waals surface area contributed by atoms with Crippen molar-refractivity contribution in [2.45, 2.75) is 31.6 Å². The Morgan fingerprint density at radius 1 is 1.14 bits per heavy atom. The monoisotopic (exact) mass is 408 g/mol. The first-order valence-corrected chi connectivity index (χ1v) is 10.0. The predicted octanol–water partition coefficient (Wildman–Crippen LogP) is 4.41. The zero-order valence-electron chi connectivity index (χ0n) is 16.6. The number of rotatable bonds is 5. The lowest BCUT2D eigenvalue weighted by Gasteiger charge is -2.09. The van der Waals surface area contributed by atoms with Crippen LogP contribution in [0.4, 0.5) is 0 Å².